The Morgan fingerprint density at radius 3 is 2.79 bits per heavy atom. The first-order valence-corrected chi connectivity index (χ1v) is 7.39. The van der Waals surface area contributed by atoms with E-state index < -0.39 is 0 Å². The molecule has 0 unspecified atom stereocenters. The van der Waals surface area contributed by atoms with Crippen LogP contribution in [-0.4, -0.2) is 42.6 Å². The fourth-order valence-corrected chi connectivity index (χ4v) is 2.99. The van der Waals surface area contributed by atoms with E-state index in [0.717, 1.165) is 25.9 Å². The highest BCUT2D eigenvalue weighted by atomic mass is 15.2. The number of aromatic nitrogens is 1. The zero-order valence-electron chi connectivity index (χ0n) is 11.7. The van der Waals surface area contributed by atoms with Gasteiger partial charge in [0.05, 0.1) is 0 Å². The topological polar surface area (TPSA) is 31.1 Å². The Morgan fingerprint density at radius 1 is 1.16 bits per heavy atom. The van der Waals surface area contributed by atoms with E-state index in [4.69, 9.17) is 0 Å². The Balaban J connectivity index is 1.74. The zero-order chi connectivity index (χ0) is 13.1. The zero-order valence-corrected chi connectivity index (χ0v) is 11.7. The van der Waals surface area contributed by atoms with Crippen LogP contribution in [0.25, 0.3) is 10.9 Å². The standard InChI is InChI=1S/C16H23N3/c1-2-13-4-3-5-15-14(12-18-16(13)15)6-9-19-10-7-17-8-11-19/h3-5,12,17-18H,2,6-11H2,1H3. The van der Waals surface area contributed by atoms with Crippen LogP contribution >= 0.6 is 0 Å². The molecule has 1 aromatic carbocycles. The van der Waals surface area contributed by atoms with Crippen molar-refractivity contribution in [2.45, 2.75) is 19.8 Å². The summed E-state index contributed by atoms with van der Waals surface area (Å²) in [7, 11) is 0. The predicted molar refractivity (Wildman–Crippen MR) is 80.7 cm³/mol. The maximum absolute atomic E-state index is 3.46. The number of nitrogens with one attached hydrogen (secondary N) is 2. The first-order valence-electron chi connectivity index (χ1n) is 7.39. The summed E-state index contributed by atoms with van der Waals surface area (Å²) < 4.78 is 0. The van der Waals surface area contributed by atoms with Gasteiger partial charge in [-0.3, -0.25) is 0 Å². The minimum atomic E-state index is 1.09. The van der Waals surface area contributed by atoms with Crippen LogP contribution in [0.4, 0.5) is 0 Å². The average molecular weight is 257 g/mol. The number of benzene rings is 1. The lowest BCUT2D eigenvalue weighted by Gasteiger charge is -2.26. The van der Waals surface area contributed by atoms with Crippen LogP contribution in [0.5, 0.6) is 0 Å². The van der Waals surface area contributed by atoms with Crippen molar-refractivity contribution in [2.24, 2.45) is 0 Å². The summed E-state index contributed by atoms with van der Waals surface area (Å²) in [5, 5.41) is 4.82. The molecule has 3 heteroatoms. The van der Waals surface area contributed by atoms with E-state index in [1.165, 1.54) is 41.7 Å². The molecule has 2 N–H and O–H groups in total. The molecule has 1 saturated heterocycles. The number of piperazine rings is 1. The van der Waals surface area contributed by atoms with Gasteiger partial charge >= 0.3 is 0 Å². The van der Waals surface area contributed by atoms with Crippen LogP contribution in [0.3, 0.4) is 0 Å². The normalized spacial score (nSPS) is 17.1. The maximum atomic E-state index is 3.46. The van der Waals surface area contributed by atoms with Gasteiger partial charge in [-0.25, -0.2) is 0 Å². The van der Waals surface area contributed by atoms with Crippen LogP contribution < -0.4 is 5.32 Å². The summed E-state index contributed by atoms with van der Waals surface area (Å²) in [5.74, 6) is 0. The number of H-pyrrole nitrogens is 1. The van der Waals surface area contributed by atoms with Gasteiger partial charge in [-0.2, -0.15) is 0 Å². The molecule has 0 radical (unpaired) electrons. The lowest BCUT2D eigenvalue weighted by atomic mass is 10.1. The monoisotopic (exact) mass is 257 g/mol. The largest absolute Gasteiger partial charge is 0.361 e. The number of hydrogen-bond donors (Lipinski definition) is 2. The Labute approximate surface area is 115 Å². The quantitative estimate of drug-likeness (QED) is 0.879. The van der Waals surface area contributed by atoms with Crippen molar-refractivity contribution in [1.82, 2.24) is 15.2 Å². The second kappa shape index (κ2) is 5.76. The number of fused-ring (bicyclic) bond motifs is 1. The number of para-hydroxylation sites is 1. The highest BCUT2D eigenvalue weighted by molar-refractivity contribution is 5.86. The van der Waals surface area contributed by atoms with Crippen molar-refractivity contribution < 1.29 is 0 Å². The second-order valence-corrected chi connectivity index (χ2v) is 5.35. The summed E-state index contributed by atoms with van der Waals surface area (Å²) >= 11 is 0. The number of nitrogens with zero attached hydrogens (tertiary/aromatic N) is 1. The van der Waals surface area contributed by atoms with Gasteiger partial charge in [0, 0.05) is 49.8 Å². The maximum Gasteiger partial charge on any atom is 0.0489 e. The Bertz CT molecular complexity index is 538. The average Bonchev–Trinajstić information content (AvgIpc) is 2.89. The molecule has 1 aromatic heterocycles. The number of rotatable bonds is 4. The third kappa shape index (κ3) is 2.67. The van der Waals surface area contributed by atoms with Gasteiger partial charge in [0.1, 0.15) is 0 Å². The molecule has 0 atom stereocenters. The van der Waals surface area contributed by atoms with Gasteiger partial charge in [0.15, 0.2) is 0 Å². The number of aryl methyl sites for hydroxylation is 1. The molecule has 1 aliphatic heterocycles. The molecule has 1 aliphatic rings. The summed E-state index contributed by atoms with van der Waals surface area (Å²) in [5.41, 5.74) is 4.22. The molecule has 0 spiro atoms. The lowest BCUT2D eigenvalue weighted by molar-refractivity contribution is 0.244. The molecule has 0 aliphatic carbocycles. The third-order valence-corrected chi connectivity index (χ3v) is 4.18. The molecular weight excluding hydrogens is 234 g/mol. The molecule has 0 amide bonds. The van der Waals surface area contributed by atoms with E-state index >= 15 is 0 Å². The lowest BCUT2D eigenvalue weighted by Crippen LogP contribution is -2.44. The molecule has 102 valence electrons. The van der Waals surface area contributed by atoms with Crippen LogP contribution in [0.15, 0.2) is 24.4 Å². The van der Waals surface area contributed by atoms with E-state index in [1.807, 2.05) is 0 Å². The van der Waals surface area contributed by atoms with Gasteiger partial charge in [-0.1, -0.05) is 25.1 Å². The summed E-state index contributed by atoms with van der Waals surface area (Å²) in [6.07, 6.45) is 4.44. The number of aromatic amines is 1. The molecule has 3 nitrogen and oxygen atoms in total. The van der Waals surface area contributed by atoms with E-state index in [0.29, 0.717) is 0 Å². The Morgan fingerprint density at radius 2 is 2.00 bits per heavy atom. The third-order valence-electron chi connectivity index (χ3n) is 4.18. The SMILES string of the molecule is CCc1cccc2c(CCN3CCNCC3)c[nH]c12. The van der Waals surface area contributed by atoms with Crippen molar-refractivity contribution in [3.05, 3.63) is 35.5 Å². The van der Waals surface area contributed by atoms with Crippen molar-refractivity contribution in [1.29, 1.82) is 0 Å². The van der Waals surface area contributed by atoms with Gasteiger partial charge < -0.3 is 15.2 Å². The van der Waals surface area contributed by atoms with Crippen molar-refractivity contribution in [2.75, 3.05) is 32.7 Å². The molecule has 0 bridgehead atoms. The van der Waals surface area contributed by atoms with Gasteiger partial charge in [0.2, 0.25) is 0 Å². The molecule has 2 heterocycles. The predicted octanol–water partition coefficient (Wildman–Crippen LogP) is 2.18. The highest BCUT2D eigenvalue weighted by Gasteiger charge is 2.11. The van der Waals surface area contributed by atoms with Crippen LogP contribution in [0, 0.1) is 0 Å². The molecule has 2 aromatic rings. The molecule has 19 heavy (non-hydrogen) atoms. The van der Waals surface area contributed by atoms with Crippen LogP contribution in [0.1, 0.15) is 18.1 Å². The van der Waals surface area contributed by atoms with Crippen molar-refractivity contribution in [3.63, 3.8) is 0 Å². The second-order valence-electron chi connectivity index (χ2n) is 5.35. The summed E-state index contributed by atoms with van der Waals surface area (Å²) in [6.45, 7) is 8.02. The van der Waals surface area contributed by atoms with E-state index in [9.17, 15) is 0 Å². The highest BCUT2D eigenvalue weighted by Crippen LogP contribution is 2.22. The first kappa shape index (κ1) is 12.7. The van der Waals surface area contributed by atoms with Crippen molar-refractivity contribution >= 4 is 10.9 Å². The smallest absolute Gasteiger partial charge is 0.0489 e. The summed E-state index contributed by atoms with van der Waals surface area (Å²) in [6, 6.07) is 6.65. The van der Waals surface area contributed by atoms with E-state index in [1.54, 1.807) is 0 Å². The molecule has 3 rings (SSSR count). The van der Waals surface area contributed by atoms with E-state index in [-0.39, 0.29) is 0 Å². The molecule has 1 fully saturated rings. The first-order chi connectivity index (χ1) is 9.38. The Kier molecular flexibility index (Phi) is 3.85. The molecular formula is C16H23N3. The fourth-order valence-electron chi connectivity index (χ4n) is 2.99. The van der Waals surface area contributed by atoms with Gasteiger partial charge in [-0.15, -0.1) is 0 Å². The van der Waals surface area contributed by atoms with Crippen LogP contribution in [-0.2, 0) is 12.8 Å². The van der Waals surface area contributed by atoms with Crippen LogP contribution in [0.2, 0.25) is 0 Å². The fraction of sp³-hybridized carbons (Fsp3) is 0.500. The molecule has 0 saturated carbocycles. The van der Waals surface area contributed by atoms with Gasteiger partial charge in [0.25, 0.3) is 0 Å². The summed E-state index contributed by atoms with van der Waals surface area (Å²) in [4.78, 5) is 6.02. The number of hydrogen-bond acceptors (Lipinski definition) is 2. The van der Waals surface area contributed by atoms with E-state index in [2.05, 4.69) is 46.5 Å². The minimum Gasteiger partial charge on any atom is -0.361 e. The van der Waals surface area contributed by atoms with Gasteiger partial charge in [-0.05, 0) is 24.0 Å². The minimum absolute atomic E-state index is 1.09. The van der Waals surface area contributed by atoms with Crippen molar-refractivity contribution in [3.8, 4) is 0 Å². The Hall–Kier alpha value is -1.32.